The number of alkyl carbamates (subject to hydrolysis) is 1. The fourth-order valence-electron chi connectivity index (χ4n) is 2.31. The molecule has 0 saturated carbocycles. The molecule has 27 heavy (non-hydrogen) atoms. The quantitative estimate of drug-likeness (QED) is 0.573. The van der Waals surface area contributed by atoms with Gasteiger partial charge in [0, 0.05) is 12.2 Å². The van der Waals surface area contributed by atoms with E-state index in [1.54, 1.807) is 24.3 Å². The number of benzene rings is 2. The Labute approximate surface area is 153 Å². The van der Waals surface area contributed by atoms with Crippen LogP contribution in [0.25, 0.3) is 0 Å². The molecule has 2 aromatic carbocycles. The molecule has 0 bridgehead atoms. The van der Waals surface area contributed by atoms with E-state index >= 15 is 0 Å². The van der Waals surface area contributed by atoms with E-state index in [1.165, 1.54) is 0 Å². The number of hydrogen-bond donors (Lipinski definition) is 4. The summed E-state index contributed by atoms with van der Waals surface area (Å²) in [4.78, 5) is 11.6. The van der Waals surface area contributed by atoms with Crippen LogP contribution in [0, 0.1) is 0 Å². The minimum absolute atomic E-state index is 0.00941. The van der Waals surface area contributed by atoms with Crippen LogP contribution in [-0.2, 0) is 17.5 Å². The summed E-state index contributed by atoms with van der Waals surface area (Å²) in [6.07, 6.45) is -8.72. The molecule has 0 aliphatic heterocycles. The maximum atomic E-state index is 12.8. The maximum Gasteiger partial charge on any atom is 0.416 e. The second-order valence-corrected chi connectivity index (χ2v) is 5.84. The van der Waals surface area contributed by atoms with Crippen LogP contribution in [-0.4, -0.2) is 29.0 Å². The van der Waals surface area contributed by atoms with Gasteiger partial charge in [-0.3, -0.25) is 0 Å². The number of alkyl halides is 3. The first kappa shape index (κ1) is 20.5. The predicted molar refractivity (Wildman–Crippen MR) is 91.5 cm³/mol. The molecular formula is C18H19F3N2O4. The van der Waals surface area contributed by atoms with E-state index in [0.29, 0.717) is 6.07 Å². The third kappa shape index (κ3) is 6.15. The number of nitrogen functional groups attached to an aromatic ring is 1. The highest BCUT2D eigenvalue weighted by Crippen LogP contribution is 2.33. The molecule has 0 radical (unpaired) electrons. The normalized spacial score (nSPS) is 13.7. The minimum Gasteiger partial charge on any atom is -0.445 e. The molecule has 146 valence electrons. The lowest BCUT2D eigenvalue weighted by Crippen LogP contribution is -2.35. The number of nitrogens with one attached hydrogen (secondary N) is 1. The molecule has 0 saturated heterocycles. The lowest BCUT2D eigenvalue weighted by atomic mass is 10.0. The Kier molecular flexibility index (Phi) is 6.65. The zero-order valence-electron chi connectivity index (χ0n) is 14.1. The lowest BCUT2D eigenvalue weighted by molar-refractivity contribution is -0.137. The minimum atomic E-state index is -4.64. The standard InChI is InChI=1S/C18H19F3N2O4/c19-18(20,21)13-6-12(7-14(22)8-13)16(25)15(24)9-23-17(26)27-10-11-4-2-1-3-5-11/h1-8,15-16,24-25H,9-10,22H2,(H,23,26). The summed E-state index contributed by atoms with van der Waals surface area (Å²) >= 11 is 0. The first-order chi connectivity index (χ1) is 12.7. The smallest absolute Gasteiger partial charge is 0.416 e. The van der Waals surface area contributed by atoms with E-state index in [4.69, 9.17) is 10.5 Å². The van der Waals surface area contributed by atoms with Gasteiger partial charge in [-0.25, -0.2) is 4.79 Å². The Balaban J connectivity index is 1.90. The molecule has 0 heterocycles. The van der Waals surface area contributed by atoms with Crippen molar-refractivity contribution in [1.82, 2.24) is 5.32 Å². The van der Waals surface area contributed by atoms with Crippen molar-refractivity contribution in [2.24, 2.45) is 0 Å². The van der Waals surface area contributed by atoms with Crippen LogP contribution in [0.3, 0.4) is 0 Å². The largest absolute Gasteiger partial charge is 0.445 e. The zero-order valence-corrected chi connectivity index (χ0v) is 14.1. The molecule has 2 rings (SSSR count). The summed E-state index contributed by atoms with van der Waals surface area (Å²) in [5.41, 5.74) is 4.72. The van der Waals surface area contributed by atoms with Gasteiger partial charge in [0.05, 0.1) is 5.56 Å². The molecule has 0 aliphatic rings. The van der Waals surface area contributed by atoms with Gasteiger partial charge in [0.25, 0.3) is 0 Å². The van der Waals surface area contributed by atoms with Crippen LogP contribution in [0.2, 0.25) is 0 Å². The van der Waals surface area contributed by atoms with Crippen LogP contribution in [0.4, 0.5) is 23.7 Å². The van der Waals surface area contributed by atoms with Crippen LogP contribution in [0.1, 0.15) is 22.8 Å². The van der Waals surface area contributed by atoms with Gasteiger partial charge in [0.2, 0.25) is 0 Å². The Morgan fingerprint density at radius 3 is 2.44 bits per heavy atom. The van der Waals surface area contributed by atoms with Crippen molar-refractivity contribution in [2.75, 3.05) is 12.3 Å². The Hall–Kier alpha value is -2.78. The summed E-state index contributed by atoms with van der Waals surface area (Å²) in [7, 11) is 0. The van der Waals surface area contributed by atoms with E-state index in [0.717, 1.165) is 17.7 Å². The van der Waals surface area contributed by atoms with Gasteiger partial charge in [-0.15, -0.1) is 0 Å². The SMILES string of the molecule is Nc1cc(C(O)C(O)CNC(=O)OCc2ccccc2)cc(C(F)(F)F)c1. The highest BCUT2D eigenvalue weighted by atomic mass is 19.4. The molecule has 6 nitrogen and oxygen atoms in total. The van der Waals surface area contributed by atoms with Gasteiger partial charge in [0.15, 0.2) is 0 Å². The molecule has 2 unspecified atom stereocenters. The van der Waals surface area contributed by atoms with Gasteiger partial charge in [-0.1, -0.05) is 30.3 Å². The first-order valence-corrected chi connectivity index (χ1v) is 7.95. The second-order valence-electron chi connectivity index (χ2n) is 5.84. The monoisotopic (exact) mass is 384 g/mol. The number of aliphatic hydroxyl groups excluding tert-OH is 2. The van der Waals surface area contributed by atoms with Crippen LogP contribution in [0.5, 0.6) is 0 Å². The molecule has 0 fully saturated rings. The predicted octanol–water partition coefficient (Wildman–Crippen LogP) is 2.61. The van der Waals surface area contributed by atoms with Crippen molar-refractivity contribution < 1.29 is 32.9 Å². The van der Waals surface area contributed by atoms with E-state index in [9.17, 15) is 28.2 Å². The summed E-state index contributed by atoms with van der Waals surface area (Å²) in [6.45, 7) is -0.416. The number of hydrogen-bond acceptors (Lipinski definition) is 5. The van der Waals surface area contributed by atoms with Crippen molar-refractivity contribution in [3.8, 4) is 0 Å². The number of anilines is 1. The van der Waals surface area contributed by atoms with Crippen molar-refractivity contribution in [1.29, 1.82) is 0 Å². The summed E-state index contributed by atoms with van der Waals surface area (Å²) < 4.78 is 43.4. The number of carbonyl (C=O) groups is 1. The number of amides is 1. The fraction of sp³-hybridized carbons (Fsp3) is 0.278. The average Bonchev–Trinajstić information content (AvgIpc) is 2.63. The van der Waals surface area contributed by atoms with Crippen LogP contribution in [0.15, 0.2) is 48.5 Å². The molecule has 2 atom stereocenters. The van der Waals surface area contributed by atoms with Crippen molar-refractivity contribution in [2.45, 2.75) is 25.0 Å². The summed E-state index contributed by atoms with van der Waals surface area (Å²) in [5.74, 6) is 0. The lowest BCUT2D eigenvalue weighted by Gasteiger charge is -2.20. The molecule has 5 N–H and O–H groups in total. The number of ether oxygens (including phenoxy) is 1. The Morgan fingerprint density at radius 1 is 1.15 bits per heavy atom. The number of nitrogens with two attached hydrogens (primary N) is 1. The molecule has 2 aromatic rings. The van der Waals surface area contributed by atoms with Crippen molar-refractivity contribution >= 4 is 11.8 Å². The topological polar surface area (TPSA) is 105 Å². The number of rotatable bonds is 6. The first-order valence-electron chi connectivity index (χ1n) is 7.95. The highest BCUT2D eigenvalue weighted by molar-refractivity contribution is 5.67. The van der Waals surface area contributed by atoms with Crippen molar-refractivity contribution in [3.05, 3.63) is 65.2 Å². The summed E-state index contributed by atoms with van der Waals surface area (Å²) in [6, 6.07) is 11.4. The van der Waals surface area contributed by atoms with Gasteiger partial charge >= 0.3 is 12.3 Å². The van der Waals surface area contributed by atoms with Gasteiger partial charge in [0.1, 0.15) is 18.8 Å². The molecular weight excluding hydrogens is 365 g/mol. The van der Waals surface area contributed by atoms with E-state index < -0.39 is 36.6 Å². The molecule has 9 heteroatoms. The van der Waals surface area contributed by atoms with Gasteiger partial charge < -0.3 is 26.0 Å². The molecule has 0 aliphatic carbocycles. The molecule has 1 amide bonds. The molecule has 0 spiro atoms. The summed E-state index contributed by atoms with van der Waals surface area (Å²) in [5, 5.41) is 22.2. The maximum absolute atomic E-state index is 12.8. The zero-order chi connectivity index (χ0) is 20.0. The third-order valence-electron chi connectivity index (χ3n) is 3.68. The number of halogens is 3. The van der Waals surface area contributed by atoms with E-state index in [2.05, 4.69) is 5.32 Å². The van der Waals surface area contributed by atoms with Gasteiger partial charge in [-0.2, -0.15) is 13.2 Å². The van der Waals surface area contributed by atoms with Crippen LogP contribution >= 0.6 is 0 Å². The highest BCUT2D eigenvalue weighted by Gasteiger charge is 2.32. The van der Waals surface area contributed by atoms with E-state index in [1.807, 2.05) is 6.07 Å². The Morgan fingerprint density at radius 2 is 1.81 bits per heavy atom. The third-order valence-corrected chi connectivity index (χ3v) is 3.68. The number of carbonyl (C=O) groups excluding carboxylic acids is 1. The second kappa shape index (κ2) is 8.74. The Bertz CT molecular complexity index is 769. The van der Waals surface area contributed by atoms with Crippen molar-refractivity contribution in [3.63, 3.8) is 0 Å². The van der Waals surface area contributed by atoms with Crippen LogP contribution < -0.4 is 11.1 Å². The van der Waals surface area contributed by atoms with Gasteiger partial charge in [-0.05, 0) is 29.3 Å². The fourth-order valence-corrected chi connectivity index (χ4v) is 2.31. The average molecular weight is 384 g/mol. The molecule has 0 aromatic heterocycles. The van der Waals surface area contributed by atoms with E-state index in [-0.39, 0.29) is 17.9 Å². The number of aliphatic hydroxyl groups is 2.